The van der Waals surface area contributed by atoms with Gasteiger partial charge in [-0.1, -0.05) is 11.8 Å². The molecule has 2 heterocycles. The molecule has 0 bridgehead atoms. The van der Waals surface area contributed by atoms with E-state index in [0.29, 0.717) is 9.75 Å². The Balaban J connectivity index is 2.29. The number of hydrogen-bond acceptors (Lipinski definition) is 5. The normalized spacial score (nSPS) is 10.1. The van der Waals surface area contributed by atoms with Crippen LogP contribution in [0.15, 0.2) is 32.7 Å². The highest BCUT2D eigenvalue weighted by atomic mass is 32.2. The lowest BCUT2D eigenvalue weighted by atomic mass is 10.5. The van der Waals surface area contributed by atoms with Crippen LogP contribution in [0.1, 0.15) is 19.3 Å². The Morgan fingerprint density at radius 2 is 1.40 bits per heavy atom. The summed E-state index contributed by atoms with van der Waals surface area (Å²) in [6, 6.07) is 3.79. The maximum Gasteiger partial charge on any atom is 0.161 e. The highest BCUT2D eigenvalue weighted by molar-refractivity contribution is 7.99. The first-order valence-corrected chi connectivity index (χ1v) is 6.66. The van der Waals surface area contributed by atoms with Gasteiger partial charge >= 0.3 is 0 Å². The average Bonchev–Trinajstić information content (AvgIpc) is 2.87. The fraction of sp³-hybridized carbons (Fsp3) is 0. The van der Waals surface area contributed by atoms with Crippen LogP contribution in [0.25, 0.3) is 0 Å². The lowest BCUT2D eigenvalue weighted by Gasteiger charge is -1.97. The number of rotatable bonds is 4. The fourth-order valence-electron chi connectivity index (χ4n) is 1.08. The molecule has 2 rings (SSSR count). The molecule has 0 aliphatic heterocycles. The Bertz CT molecular complexity index is 440. The van der Waals surface area contributed by atoms with Crippen LogP contribution in [0.3, 0.4) is 0 Å². The Hall–Kier alpha value is -0.910. The second-order valence-corrected chi connectivity index (χ2v) is 5.62. The van der Waals surface area contributed by atoms with Gasteiger partial charge in [0.2, 0.25) is 0 Å². The summed E-state index contributed by atoms with van der Waals surface area (Å²) < 4.78 is 0. The van der Waals surface area contributed by atoms with E-state index in [9.17, 15) is 9.59 Å². The van der Waals surface area contributed by atoms with Gasteiger partial charge in [0.15, 0.2) is 12.6 Å². The zero-order valence-corrected chi connectivity index (χ0v) is 9.95. The van der Waals surface area contributed by atoms with E-state index in [2.05, 4.69) is 0 Å². The van der Waals surface area contributed by atoms with Crippen LogP contribution in [0.2, 0.25) is 0 Å². The summed E-state index contributed by atoms with van der Waals surface area (Å²) in [5.74, 6) is 0. The third-order valence-corrected chi connectivity index (χ3v) is 4.84. The fourth-order valence-corrected chi connectivity index (χ4v) is 3.78. The van der Waals surface area contributed by atoms with E-state index in [0.717, 1.165) is 22.4 Å². The Labute approximate surface area is 98.9 Å². The minimum Gasteiger partial charge on any atom is -0.297 e. The summed E-state index contributed by atoms with van der Waals surface area (Å²) in [6.45, 7) is 0. The smallest absolute Gasteiger partial charge is 0.161 e. The topological polar surface area (TPSA) is 34.1 Å². The molecule has 0 aliphatic rings. The van der Waals surface area contributed by atoms with Gasteiger partial charge < -0.3 is 0 Å². The number of carbonyl (C=O) groups excluding carboxylic acids is 2. The predicted molar refractivity (Wildman–Crippen MR) is 63.5 cm³/mol. The molecule has 2 nitrogen and oxygen atoms in total. The molecule has 0 N–H and O–H groups in total. The highest BCUT2D eigenvalue weighted by Gasteiger charge is 2.09. The first-order valence-electron chi connectivity index (χ1n) is 4.08. The molecule has 2 aromatic heterocycles. The molecule has 0 saturated heterocycles. The molecular weight excluding hydrogens is 248 g/mol. The van der Waals surface area contributed by atoms with Crippen molar-refractivity contribution < 1.29 is 9.59 Å². The number of hydrogen-bond donors (Lipinski definition) is 0. The summed E-state index contributed by atoms with van der Waals surface area (Å²) in [5.41, 5.74) is 0. The van der Waals surface area contributed by atoms with Gasteiger partial charge in [-0.05, 0) is 22.9 Å². The van der Waals surface area contributed by atoms with E-state index in [-0.39, 0.29) is 0 Å². The van der Waals surface area contributed by atoms with Crippen LogP contribution in [-0.4, -0.2) is 12.6 Å². The number of thiophene rings is 2. The van der Waals surface area contributed by atoms with Gasteiger partial charge in [-0.3, -0.25) is 9.59 Å². The monoisotopic (exact) mass is 254 g/mol. The van der Waals surface area contributed by atoms with Crippen molar-refractivity contribution in [2.45, 2.75) is 9.79 Å². The standard InChI is InChI=1S/C10H6O2S3/c11-5-9-7(1-3-13-9)15-8-2-4-14-10(8)6-12/h1-6H. The van der Waals surface area contributed by atoms with Gasteiger partial charge in [0, 0.05) is 9.79 Å². The van der Waals surface area contributed by atoms with E-state index in [4.69, 9.17) is 0 Å². The van der Waals surface area contributed by atoms with E-state index in [1.54, 1.807) is 0 Å². The molecular formula is C10H6O2S3. The van der Waals surface area contributed by atoms with Gasteiger partial charge in [0.05, 0.1) is 9.75 Å². The quantitative estimate of drug-likeness (QED) is 0.782. The molecule has 76 valence electrons. The van der Waals surface area contributed by atoms with Crippen LogP contribution in [0.4, 0.5) is 0 Å². The summed E-state index contributed by atoms with van der Waals surface area (Å²) in [7, 11) is 0. The van der Waals surface area contributed by atoms with Gasteiger partial charge in [-0.15, -0.1) is 22.7 Å². The lowest BCUT2D eigenvalue weighted by molar-refractivity contribution is 0.111. The van der Waals surface area contributed by atoms with Crippen molar-refractivity contribution in [3.05, 3.63) is 32.6 Å². The van der Waals surface area contributed by atoms with Gasteiger partial charge in [-0.25, -0.2) is 0 Å². The molecule has 0 radical (unpaired) electrons. The summed E-state index contributed by atoms with van der Waals surface area (Å²) >= 11 is 4.28. The summed E-state index contributed by atoms with van der Waals surface area (Å²) in [6.07, 6.45) is 1.69. The van der Waals surface area contributed by atoms with Crippen LogP contribution in [0.5, 0.6) is 0 Å². The second kappa shape index (κ2) is 4.74. The van der Waals surface area contributed by atoms with E-state index in [1.165, 1.54) is 34.4 Å². The van der Waals surface area contributed by atoms with Crippen molar-refractivity contribution >= 4 is 47.0 Å². The molecule has 15 heavy (non-hydrogen) atoms. The number of carbonyl (C=O) groups is 2. The van der Waals surface area contributed by atoms with Crippen LogP contribution >= 0.6 is 34.4 Å². The first kappa shape index (κ1) is 10.6. The third kappa shape index (κ3) is 2.19. The van der Waals surface area contributed by atoms with Crippen molar-refractivity contribution in [1.29, 1.82) is 0 Å². The lowest BCUT2D eigenvalue weighted by Crippen LogP contribution is -1.78. The molecule has 0 fully saturated rings. The average molecular weight is 254 g/mol. The highest BCUT2D eigenvalue weighted by Crippen LogP contribution is 2.35. The molecule has 0 aromatic carbocycles. The maximum absolute atomic E-state index is 10.7. The first-order chi connectivity index (χ1) is 7.35. The molecule has 0 spiro atoms. The molecule has 2 aromatic rings. The van der Waals surface area contributed by atoms with Crippen LogP contribution in [0, 0.1) is 0 Å². The summed E-state index contributed by atoms with van der Waals surface area (Å²) in [5, 5.41) is 3.75. The van der Waals surface area contributed by atoms with Crippen molar-refractivity contribution in [2.75, 3.05) is 0 Å². The Kier molecular flexibility index (Phi) is 3.35. The van der Waals surface area contributed by atoms with Crippen LogP contribution in [-0.2, 0) is 0 Å². The Morgan fingerprint density at radius 1 is 0.933 bits per heavy atom. The van der Waals surface area contributed by atoms with E-state index in [1.807, 2.05) is 22.9 Å². The van der Waals surface area contributed by atoms with Gasteiger partial charge in [0.25, 0.3) is 0 Å². The van der Waals surface area contributed by atoms with Gasteiger partial charge in [0.1, 0.15) is 0 Å². The minimum absolute atomic E-state index is 0.711. The molecule has 0 aliphatic carbocycles. The predicted octanol–water partition coefficient (Wildman–Crippen LogP) is 3.59. The molecule has 0 amide bonds. The van der Waals surface area contributed by atoms with Crippen molar-refractivity contribution in [2.24, 2.45) is 0 Å². The van der Waals surface area contributed by atoms with Gasteiger partial charge in [-0.2, -0.15) is 0 Å². The SMILES string of the molecule is O=Cc1sccc1Sc1ccsc1C=O. The molecule has 0 atom stereocenters. The number of aldehydes is 2. The molecule has 0 unspecified atom stereocenters. The maximum atomic E-state index is 10.7. The zero-order valence-electron chi connectivity index (χ0n) is 7.51. The second-order valence-electron chi connectivity index (χ2n) is 2.64. The summed E-state index contributed by atoms with van der Waals surface area (Å²) in [4.78, 5) is 24.7. The molecule has 0 saturated carbocycles. The Morgan fingerprint density at radius 3 is 1.80 bits per heavy atom. The van der Waals surface area contributed by atoms with Crippen molar-refractivity contribution in [1.82, 2.24) is 0 Å². The van der Waals surface area contributed by atoms with Crippen molar-refractivity contribution in [3.63, 3.8) is 0 Å². The minimum atomic E-state index is 0.711. The van der Waals surface area contributed by atoms with E-state index >= 15 is 0 Å². The van der Waals surface area contributed by atoms with Crippen molar-refractivity contribution in [3.8, 4) is 0 Å². The largest absolute Gasteiger partial charge is 0.297 e. The van der Waals surface area contributed by atoms with Crippen LogP contribution < -0.4 is 0 Å². The third-order valence-electron chi connectivity index (χ3n) is 1.75. The van der Waals surface area contributed by atoms with E-state index < -0.39 is 0 Å². The zero-order chi connectivity index (χ0) is 10.7. The molecule has 5 heteroatoms.